The van der Waals surface area contributed by atoms with Crippen LogP contribution in [0.3, 0.4) is 0 Å². The number of amides is 2. The van der Waals surface area contributed by atoms with Crippen molar-refractivity contribution in [3.63, 3.8) is 0 Å². The van der Waals surface area contributed by atoms with Crippen molar-refractivity contribution in [3.05, 3.63) is 58.9 Å². The van der Waals surface area contributed by atoms with Gasteiger partial charge in [-0.1, -0.05) is 6.07 Å². The molecular weight excluding hydrogens is 367 g/mol. The molecule has 3 rings (SSSR count). The third kappa shape index (κ3) is 3.95. The van der Waals surface area contributed by atoms with Crippen LogP contribution in [0.25, 0.3) is 0 Å². The molecule has 2 amide bonds. The van der Waals surface area contributed by atoms with E-state index in [0.29, 0.717) is 24.2 Å². The van der Waals surface area contributed by atoms with Gasteiger partial charge in [-0.3, -0.25) is 9.59 Å². The van der Waals surface area contributed by atoms with E-state index >= 15 is 0 Å². The molecule has 0 saturated carbocycles. The van der Waals surface area contributed by atoms with Gasteiger partial charge in [0, 0.05) is 25.2 Å². The Hall–Kier alpha value is -3.42. The Balaban J connectivity index is 1.76. The summed E-state index contributed by atoms with van der Waals surface area (Å²) in [7, 11) is 1.37. The molecule has 146 valence electrons. The molecule has 0 bridgehead atoms. The fourth-order valence-electron chi connectivity index (χ4n) is 3.09. The van der Waals surface area contributed by atoms with Gasteiger partial charge in [0.05, 0.1) is 12.7 Å². The van der Waals surface area contributed by atoms with E-state index < -0.39 is 17.7 Å². The SMILES string of the molecule is COc1ccc(CNC(=O)c2cc(N3CCCC3=O)ccc2F)cc1C(=O)O. The number of nitrogens with one attached hydrogen (secondary N) is 1. The maximum absolute atomic E-state index is 14.1. The van der Waals surface area contributed by atoms with Crippen LogP contribution in [-0.2, 0) is 11.3 Å². The fourth-order valence-corrected chi connectivity index (χ4v) is 3.09. The molecule has 0 radical (unpaired) electrons. The number of ether oxygens (including phenoxy) is 1. The van der Waals surface area contributed by atoms with Gasteiger partial charge in [-0.2, -0.15) is 0 Å². The van der Waals surface area contributed by atoms with E-state index in [1.54, 1.807) is 6.07 Å². The molecule has 1 saturated heterocycles. The summed E-state index contributed by atoms with van der Waals surface area (Å²) in [5.74, 6) is -2.36. The Bertz CT molecular complexity index is 944. The highest BCUT2D eigenvalue weighted by molar-refractivity contribution is 5.99. The lowest BCUT2D eigenvalue weighted by molar-refractivity contribution is -0.117. The number of methoxy groups -OCH3 is 1. The number of rotatable bonds is 6. The van der Waals surface area contributed by atoms with Gasteiger partial charge in [0.25, 0.3) is 5.91 Å². The summed E-state index contributed by atoms with van der Waals surface area (Å²) in [5.41, 5.74) is 0.795. The van der Waals surface area contributed by atoms with Gasteiger partial charge in [0.1, 0.15) is 17.1 Å². The second-order valence-corrected chi connectivity index (χ2v) is 6.34. The van der Waals surface area contributed by atoms with Gasteiger partial charge >= 0.3 is 5.97 Å². The Morgan fingerprint density at radius 2 is 2.00 bits per heavy atom. The molecule has 1 heterocycles. The van der Waals surface area contributed by atoms with E-state index in [1.165, 1.54) is 36.3 Å². The number of carboxylic acids is 1. The van der Waals surface area contributed by atoms with E-state index in [4.69, 9.17) is 4.74 Å². The molecule has 1 aliphatic heterocycles. The number of anilines is 1. The van der Waals surface area contributed by atoms with E-state index in [-0.39, 0.29) is 29.3 Å². The zero-order chi connectivity index (χ0) is 20.3. The Morgan fingerprint density at radius 1 is 1.21 bits per heavy atom. The van der Waals surface area contributed by atoms with Crippen molar-refractivity contribution >= 4 is 23.5 Å². The lowest BCUT2D eigenvalue weighted by atomic mass is 10.1. The van der Waals surface area contributed by atoms with Crippen molar-refractivity contribution < 1.29 is 28.6 Å². The van der Waals surface area contributed by atoms with Crippen molar-refractivity contribution in [2.24, 2.45) is 0 Å². The van der Waals surface area contributed by atoms with Crippen LogP contribution in [-0.4, -0.2) is 36.5 Å². The van der Waals surface area contributed by atoms with Crippen molar-refractivity contribution in [1.29, 1.82) is 0 Å². The predicted octanol–water partition coefficient (Wildman–Crippen LogP) is 2.59. The van der Waals surface area contributed by atoms with Crippen molar-refractivity contribution in [3.8, 4) is 5.75 Å². The number of hydrogen-bond acceptors (Lipinski definition) is 4. The molecule has 0 spiro atoms. The molecule has 2 N–H and O–H groups in total. The minimum absolute atomic E-state index is 0.00935. The molecule has 0 atom stereocenters. The molecule has 8 heteroatoms. The minimum atomic E-state index is -1.15. The summed E-state index contributed by atoms with van der Waals surface area (Å²) in [5, 5.41) is 11.8. The minimum Gasteiger partial charge on any atom is -0.496 e. The quantitative estimate of drug-likeness (QED) is 0.796. The first-order valence-electron chi connectivity index (χ1n) is 8.69. The van der Waals surface area contributed by atoms with E-state index in [2.05, 4.69) is 5.32 Å². The van der Waals surface area contributed by atoms with Crippen LogP contribution in [0.2, 0.25) is 0 Å². The van der Waals surface area contributed by atoms with Crippen LogP contribution in [0.4, 0.5) is 10.1 Å². The number of carbonyl (C=O) groups excluding carboxylic acids is 2. The Labute approximate surface area is 160 Å². The zero-order valence-corrected chi connectivity index (χ0v) is 15.2. The van der Waals surface area contributed by atoms with Gasteiger partial charge < -0.3 is 20.1 Å². The molecule has 1 aliphatic rings. The van der Waals surface area contributed by atoms with E-state index in [9.17, 15) is 23.9 Å². The second kappa shape index (κ2) is 8.08. The summed E-state index contributed by atoms with van der Waals surface area (Å²) in [6.45, 7) is 0.546. The Kier molecular flexibility index (Phi) is 5.58. The van der Waals surface area contributed by atoms with Gasteiger partial charge in [0.15, 0.2) is 0 Å². The third-order valence-electron chi connectivity index (χ3n) is 4.53. The average molecular weight is 386 g/mol. The van der Waals surface area contributed by atoms with Gasteiger partial charge in [-0.15, -0.1) is 0 Å². The first-order chi connectivity index (χ1) is 13.4. The molecule has 0 aliphatic carbocycles. The smallest absolute Gasteiger partial charge is 0.339 e. The number of benzene rings is 2. The summed E-state index contributed by atoms with van der Waals surface area (Å²) in [6, 6.07) is 8.47. The van der Waals surface area contributed by atoms with Crippen molar-refractivity contribution in [2.75, 3.05) is 18.6 Å². The highest BCUT2D eigenvalue weighted by Gasteiger charge is 2.23. The first kappa shape index (κ1) is 19.3. The number of carbonyl (C=O) groups is 3. The van der Waals surface area contributed by atoms with Crippen LogP contribution in [0, 0.1) is 5.82 Å². The van der Waals surface area contributed by atoms with Gasteiger partial charge in [-0.05, 0) is 42.3 Å². The second-order valence-electron chi connectivity index (χ2n) is 6.34. The summed E-state index contributed by atoms with van der Waals surface area (Å²) >= 11 is 0. The summed E-state index contributed by atoms with van der Waals surface area (Å²) in [4.78, 5) is 37.1. The molecular formula is C20H19FN2O5. The molecule has 28 heavy (non-hydrogen) atoms. The number of hydrogen-bond donors (Lipinski definition) is 2. The standard InChI is InChI=1S/C20H19FN2O5/c1-28-17-7-4-12(9-15(17)20(26)27)11-22-19(25)14-10-13(5-6-16(14)21)23-8-2-3-18(23)24/h4-7,9-10H,2-3,8,11H2,1H3,(H,22,25)(H,26,27). The van der Waals surface area contributed by atoms with Crippen LogP contribution in [0.5, 0.6) is 5.75 Å². The third-order valence-corrected chi connectivity index (χ3v) is 4.53. The maximum Gasteiger partial charge on any atom is 0.339 e. The average Bonchev–Trinajstić information content (AvgIpc) is 3.12. The predicted molar refractivity (Wildman–Crippen MR) is 99.1 cm³/mol. The van der Waals surface area contributed by atoms with Gasteiger partial charge in [-0.25, -0.2) is 9.18 Å². The van der Waals surface area contributed by atoms with Gasteiger partial charge in [0.2, 0.25) is 5.91 Å². The number of halogens is 1. The lowest BCUT2D eigenvalue weighted by Gasteiger charge is -2.17. The van der Waals surface area contributed by atoms with Crippen LogP contribution in [0.1, 0.15) is 39.1 Å². The summed E-state index contributed by atoms with van der Waals surface area (Å²) in [6.07, 6.45) is 1.16. The highest BCUT2D eigenvalue weighted by atomic mass is 19.1. The molecule has 2 aromatic carbocycles. The van der Waals surface area contributed by atoms with Crippen LogP contribution in [0.15, 0.2) is 36.4 Å². The molecule has 0 unspecified atom stereocenters. The topological polar surface area (TPSA) is 95.9 Å². The Morgan fingerprint density at radius 3 is 2.64 bits per heavy atom. The van der Waals surface area contributed by atoms with Crippen LogP contribution >= 0.6 is 0 Å². The van der Waals surface area contributed by atoms with Crippen molar-refractivity contribution in [1.82, 2.24) is 5.32 Å². The fraction of sp³-hybridized carbons (Fsp3) is 0.250. The molecule has 0 aromatic heterocycles. The lowest BCUT2D eigenvalue weighted by Crippen LogP contribution is -2.26. The van der Waals surface area contributed by atoms with E-state index in [0.717, 1.165) is 12.5 Å². The normalized spacial score (nSPS) is 13.5. The number of nitrogens with zero attached hydrogens (tertiary/aromatic N) is 1. The highest BCUT2D eigenvalue weighted by Crippen LogP contribution is 2.24. The van der Waals surface area contributed by atoms with Crippen molar-refractivity contribution in [2.45, 2.75) is 19.4 Å². The largest absolute Gasteiger partial charge is 0.496 e. The molecule has 1 fully saturated rings. The number of carboxylic acid groups (broad SMARTS) is 1. The molecule has 2 aromatic rings. The zero-order valence-electron chi connectivity index (χ0n) is 15.2. The van der Waals surface area contributed by atoms with Crippen LogP contribution < -0.4 is 15.0 Å². The number of aromatic carboxylic acids is 1. The molecule has 7 nitrogen and oxygen atoms in total. The summed E-state index contributed by atoms with van der Waals surface area (Å²) < 4.78 is 19.1. The first-order valence-corrected chi connectivity index (χ1v) is 8.69. The monoisotopic (exact) mass is 386 g/mol. The van der Waals surface area contributed by atoms with E-state index in [1.807, 2.05) is 0 Å². The maximum atomic E-state index is 14.1.